The van der Waals surface area contributed by atoms with Crippen LogP contribution in [0, 0.1) is 11.3 Å². The Labute approximate surface area is 208 Å². The van der Waals surface area contributed by atoms with E-state index in [-0.39, 0.29) is 17.6 Å². The molecule has 0 aromatic heterocycles. The number of nitrogens with zero attached hydrogens (tertiary/aromatic N) is 2. The summed E-state index contributed by atoms with van der Waals surface area (Å²) in [5.74, 6) is 0.384. The van der Waals surface area contributed by atoms with E-state index in [0.717, 1.165) is 35.6 Å². The number of likely N-dealkylation sites (tertiary alicyclic amines) is 1. The summed E-state index contributed by atoms with van der Waals surface area (Å²) in [7, 11) is 0. The van der Waals surface area contributed by atoms with Crippen molar-refractivity contribution in [1.82, 2.24) is 10.2 Å². The minimum absolute atomic E-state index is 0.0959. The number of nitrogens with one attached hydrogen (secondary N) is 1. The molecule has 3 aromatic rings. The first-order valence-electron chi connectivity index (χ1n) is 11.7. The second kappa shape index (κ2) is 10.8. The maximum absolute atomic E-state index is 12.8. The number of nitriles is 1. The average Bonchev–Trinajstić information content (AvgIpc) is 3.33. The van der Waals surface area contributed by atoms with Gasteiger partial charge in [-0.2, -0.15) is 18.4 Å². The van der Waals surface area contributed by atoms with E-state index in [2.05, 4.69) is 16.3 Å². The van der Waals surface area contributed by atoms with Crippen molar-refractivity contribution < 1.29 is 22.7 Å². The van der Waals surface area contributed by atoms with Gasteiger partial charge in [-0.05, 0) is 73.0 Å². The van der Waals surface area contributed by atoms with E-state index in [1.54, 1.807) is 12.1 Å². The highest BCUT2D eigenvalue weighted by Gasteiger charge is 2.32. The van der Waals surface area contributed by atoms with Crippen molar-refractivity contribution in [3.63, 3.8) is 0 Å². The van der Waals surface area contributed by atoms with Crippen molar-refractivity contribution in [3.05, 3.63) is 101 Å². The minimum atomic E-state index is -4.44. The molecular formula is C28H26F3N3O2. The van der Waals surface area contributed by atoms with Gasteiger partial charge in [0.2, 0.25) is 0 Å². The van der Waals surface area contributed by atoms with Crippen LogP contribution >= 0.6 is 0 Å². The van der Waals surface area contributed by atoms with Gasteiger partial charge in [0.05, 0.1) is 29.8 Å². The van der Waals surface area contributed by atoms with Crippen molar-refractivity contribution in [3.8, 4) is 11.8 Å². The molecule has 1 unspecified atom stereocenters. The summed E-state index contributed by atoms with van der Waals surface area (Å²) >= 11 is 0. The zero-order chi connectivity index (χ0) is 25.7. The number of ether oxygens (including phenoxy) is 1. The van der Waals surface area contributed by atoms with E-state index in [0.29, 0.717) is 25.1 Å². The van der Waals surface area contributed by atoms with Crippen LogP contribution in [0.5, 0.6) is 5.75 Å². The van der Waals surface area contributed by atoms with Crippen molar-refractivity contribution in [2.75, 3.05) is 19.7 Å². The number of halogens is 3. The van der Waals surface area contributed by atoms with Crippen LogP contribution in [0.25, 0.3) is 0 Å². The van der Waals surface area contributed by atoms with Gasteiger partial charge in [-0.15, -0.1) is 0 Å². The van der Waals surface area contributed by atoms with Crippen LogP contribution in [0.4, 0.5) is 13.2 Å². The van der Waals surface area contributed by atoms with Crippen LogP contribution in [0.3, 0.4) is 0 Å². The van der Waals surface area contributed by atoms with Gasteiger partial charge in [0, 0.05) is 24.7 Å². The SMILES string of the molecule is CCOc1ccc(C(c2ccc(C#N)cc2)N2CC[C@@H](NC(=O)c3ccc(C(F)(F)F)cc3)C2)cc1. The highest BCUT2D eigenvalue weighted by atomic mass is 19.4. The Bertz CT molecular complexity index is 1220. The smallest absolute Gasteiger partial charge is 0.416 e. The topological polar surface area (TPSA) is 65.4 Å². The Balaban J connectivity index is 1.50. The van der Waals surface area contributed by atoms with E-state index >= 15 is 0 Å². The largest absolute Gasteiger partial charge is 0.494 e. The molecule has 0 aliphatic carbocycles. The Morgan fingerprint density at radius 3 is 2.22 bits per heavy atom. The molecule has 1 amide bonds. The summed E-state index contributed by atoms with van der Waals surface area (Å²) in [5.41, 5.74) is 2.06. The van der Waals surface area contributed by atoms with Gasteiger partial charge in [-0.25, -0.2) is 0 Å². The third-order valence-electron chi connectivity index (χ3n) is 6.26. The lowest BCUT2D eigenvalue weighted by atomic mass is 9.96. The maximum Gasteiger partial charge on any atom is 0.416 e. The van der Waals surface area contributed by atoms with Crippen LogP contribution < -0.4 is 10.1 Å². The third kappa shape index (κ3) is 5.86. The Morgan fingerprint density at radius 1 is 1.06 bits per heavy atom. The molecule has 1 heterocycles. The highest BCUT2D eigenvalue weighted by molar-refractivity contribution is 5.94. The van der Waals surface area contributed by atoms with E-state index < -0.39 is 17.6 Å². The molecule has 1 aliphatic heterocycles. The number of hydrogen-bond acceptors (Lipinski definition) is 4. The minimum Gasteiger partial charge on any atom is -0.494 e. The van der Waals surface area contributed by atoms with Gasteiger partial charge < -0.3 is 10.1 Å². The molecule has 1 aliphatic rings. The van der Waals surface area contributed by atoms with Crippen LogP contribution in [0.15, 0.2) is 72.8 Å². The molecule has 1 saturated heterocycles. The Hall–Kier alpha value is -3.83. The predicted molar refractivity (Wildman–Crippen MR) is 129 cm³/mol. The lowest BCUT2D eigenvalue weighted by Crippen LogP contribution is -2.38. The Morgan fingerprint density at radius 2 is 1.67 bits per heavy atom. The number of hydrogen-bond donors (Lipinski definition) is 1. The van der Waals surface area contributed by atoms with Crippen LogP contribution in [0.2, 0.25) is 0 Å². The molecule has 1 N–H and O–H groups in total. The standard InChI is InChI=1S/C28H26F3N3O2/c1-2-36-25-13-9-21(10-14-25)26(20-5-3-19(17-32)4-6-20)34-16-15-24(18-34)33-27(35)22-7-11-23(12-8-22)28(29,30)31/h3-14,24,26H,2,15-16,18H2,1H3,(H,33,35)/t24-,26?/m1/s1. The number of carbonyl (C=O) groups excluding carboxylic acids is 1. The van der Waals surface area contributed by atoms with Gasteiger partial charge in [0.15, 0.2) is 0 Å². The number of alkyl halides is 3. The van der Waals surface area contributed by atoms with E-state index in [9.17, 15) is 23.2 Å². The predicted octanol–water partition coefficient (Wildman–Crippen LogP) is 5.57. The first-order valence-corrected chi connectivity index (χ1v) is 11.7. The van der Waals surface area contributed by atoms with E-state index in [4.69, 9.17) is 4.74 Å². The molecular weight excluding hydrogens is 467 g/mol. The number of rotatable bonds is 7. The lowest BCUT2D eigenvalue weighted by Gasteiger charge is -2.29. The summed E-state index contributed by atoms with van der Waals surface area (Å²) in [6, 6.07) is 21.5. The van der Waals surface area contributed by atoms with Gasteiger partial charge in [0.25, 0.3) is 5.91 Å². The fourth-order valence-corrected chi connectivity index (χ4v) is 4.49. The molecule has 186 valence electrons. The summed E-state index contributed by atoms with van der Waals surface area (Å²) in [6.07, 6.45) is -3.74. The molecule has 8 heteroatoms. The fourth-order valence-electron chi connectivity index (χ4n) is 4.49. The first kappa shape index (κ1) is 25.3. The quantitative estimate of drug-likeness (QED) is 0.468. The van der Waals surface area contributed by atoms with Gasteiger partial charge in [0.1, 0.15) is 5.75 Å². The van der Waals surface area contributed by atoms with Crippen LogP contribution in [0.1, 0.15) is 52.0 Å². The summed E-state index contributed by atoms with van der Waals surface area (Å²) in [6.45, 7) is 3.79. The molecule has 5 nitrogen and oxygen atoms in total. The molecule has 4 rings (SSSR count). The second-order valence-corrected chi connectivity index (χ2v) is 8.67. The van der Waals surface area contributed by atoms with E-state index in [1.807, 2.05) is 43.3 Å². The van der Waals surface area contributed by atoms with Crippen LogP contribution in [-0.4, -0.2) is 36.5 Å². The molecule has 0 bridgehead atoms. The first-order chi connectivity index (χ1) is 17.3. The zero-order valence-corrected chi connectivity index (χ0v) is 19.8. The molecule has 2 atom stereocenters. The van der Waals surface area contributed by atoms with Gasteiger partial charge >= 0.3 is 6.18 Å². The highest BCUT2D eigenvalue weighted by Crippen LogP contribution is 2.33. The van der Waals surface area contributed by atoms with Crippen LogP contribution in [-0.2, 0) is 6.18 Å². The number of benzene rings is 3. The van der Waals surface area contributed by atoms with Crippen molar-refractivity contribution in [2.45, 2.75) is 31.6 Å². The van der Waals surface area contributed by atoms with Crippen molar-refractivity contribution in [1.29, 1.82) is 5.26 Å². The number of carbonyl (C=O) groups is 1. The zero-order valence-electron chi connectivity index (χ0n) is 19.8. The molecule has 0 spiro atoms. The third-order valence-corrected chi connectivity index (χ3v) is 6.26. The maximum atomic E-state index is 12.8. The molecule has 0 saturated carbocycles. The second-order valence-electron chi connectivity index (χ2n) is 8.67. The Kier molecular flexibility index (Phi) is 7.61. The monoisotopic (exact) mass is 493 g/mol. The molecule has 3 aromatic carbocycles. The lowest BCUT2D eigenvalue weighted by molar-refractivity contribution is -0.137. The fraction of sp³-hybridized carbons (Fsp3) is 0.286. The molecule has 36 heavy (non-hydrogen) atoms. The van der Waals surface area contributed by atoms with Crippen molar-refractivity contribution >= 4 is 5.91 Å². The summed E-state index contributed by atoms with van der Waals surface area (Å²) in [5, 5.41) is 12.1. The normalized spacial score (nSPS) is 16.8. The molecule has 0 radical (unpaired) electrons. The summed E-state index contributed by atoms with van der Waals surface area (Å²) in [4.78, 5) is 15.0. The van der Waals surface area contributed by atoms with Gasteiger partial charge in [-0.3, -0.25) is 9.69 Å². The molecule has 1 fully saturated rings. The van der Waals surface area contributed by atoms with Crippen molar-refractivity contribution in [2.24, 2.45) is 0 Å². The van der Waals surface area contributed by atoms with E-state index in [1.165, 1.54) is 12.1 Å². The summed E-state index contributed by atoms with van der Waals surface area (Å²) < 4.78 is 44.0. The van der Waals surface area contributed by atoms with Gasteiger partial charge in [-0.1, -0.05) is 24.3 Å². The average molecular weight is 494 g/mol. The number of amides is 1.